The third-order valence-corrected chi connectivity index (χ3v) is 4.43. The third kappa shape index (κ3) is 9.41. The molecule has 0 atom stereocenters. The van der Waals surface area contributed by atoms with Crippen LogP contribution in [0.5, 0.6) is 0 Å². The van der Waals surface area contributed by atoms with Crippen LogP contribution in [0.1, 0.15) is 19.3 Å². The Balaban J connectivity index is 0.00000312. The topological polar surface area (TPSA) is 60.7 Å². The monoisotopic (exact) mass is 463 g/mol. The summed E-state index contributed by atoms with van der Waals surface area (Å²) in [5, 5.41) is 11.0. The zero-order chi connectivity index (χ0) is 17.0. The van der Waals surface area contributed by atoms with Gasteiger partial charge in [-0.25, -0.2) is 0 Å². The minimum absolute atomic E-state index is 0. The summed E-state index contributed by atoms with van der Waals surface area (Å²) < 4.78 is 1.95. The van der Waals surface area contributed by atoms with Crippen molar-refractivity contribution in [1.29, 1.82) is 0 Å². The summed E-state index contributed by atoms with van der Waals surface area (Å²) in [4.78, 5) is 9.25. The highest BCUT2D eigenvalue weighted by Gasteiger charge is 2.12. The van der Waals surface area contributed by atoms with Crippen molar-refractivity contribution in [1.82, 2.24) is 30.2 Å². The molecule has 0 spiro atoms. The molecule has 0 bridgehead atoms. The fourth-order valence-corrected chi connectivity index (χ4v) is 2.84. The molecule has 1 aromatic heterocycles. The number of likely N-dealkylation sites (N-methyl/N-ethyl adjacent to an activating group) is 1. The van der Waals surface area contributed by atoms with Gasteiger partial charge in [0, 0.05) is 65.3 Å². The first kappa shape index (κ1) is 22.2. The summed E-state index contributed by atoms with van der Waals surface area (Å²) in [7, 11) is 4.03. The lowest BCUT2D eigenvalue weighted by molar-refractivity contribution is 0.152. The Hall–Kier alpha value is -0.870. The number of nitrogens with zero attached hydrogens (tertiary/aromatic N) is 5. The van der Waals surface area contributed by atoms with Gasteiger partial charge in [0.15, 0.2) is 5.96 Å². The minimum atomic E-state index is 0. The molecule has 0 saturated carbocycles. The van der Waals surface area contributed by atoms with Crippen LogP contribution in [0.3, 0.4) is 0 Å². The number of nitrogens with one attached hydrogen (secondary N) is 2. The van der Waals surface area contributed by atoms with Gasteiger partial charge < -0.3 is 20.4 Å². The maximum Gasteiger partial charge on any atom is 0.190 e. The van der Waals surface area contributed by atoms with E-state index < -0.39 is 0 Å². The van der Waals surface area contributed by atoms with Crippen LogP contribution in [0.15, 0.2) is 23.5 Å². The van der Waals surface area contributed by atoms with Crippen LogP contribution in [0.4, 0.5) is 0 Å². The van der Waals surface area contributed by atoms with E-state index in [9.17, 15) is 0 Å². The normalized spacial score (nSPS) is 16.5. The second-order valence-corrected chi connectivity index (χ2v) is 6.40. The van der Waals surface area contributed by atoms with E-state index in [1.54, 1.807) is 0 Å². The van der Waals surface area contributed by atoms with E-state index >= 15 is 0 Å². The summed E-state index contributed by atoms with van der Waals surface area (Å²) in [6, 6.07) is 1.95. The van der Waals surface area contributed by atoms with Crippen molar-refractivity contribution in [3.05, 3.63) is 18.5 Å². The highest BCUT2D eigenvalue weighted by molar-refractivity contribution is 14.0. The summed E-state index contributed by atoms with van der Waals surface area (Å²) in [5.74, 6) is 0.898. The Labute approximate surface area is 169 Å². The Kier molecular flexibility index (Phi) is 11.8. The maximum atomic E-state index is 4.27. The van der Waals surface area contributed by atoms with Crippen LogP contribution in [-0.2, 0) is 6.54 Å². The number of aryl methyl sites for hydroxylation is 1. The van der Waals surface area contributed by atoms with Gasteiger partial charge in [-0.05, 0) is 38.9 Å². The summed E-state index contributed by atoms with van der Waals surface area (Å²) in [6.45, 7) is 8.86. The van der Waals surface area contributed by atoms with Crippen LogP contribution >= 0.6 is 24.0 Å². The predicted octanol–water partition coefficient (Wildman–Crippen LogP) is 1.08. The average molecular weight is 463 g/mol. The molecule has 0 amide bonds. The number of aromatic nitrogens is 2. The van der Waals surface area contributed by atoms with Gasteiger partial charge in [-0.2, -0.15) is 5.10 Å². The summed E-state index contributed by atoms with van der Waals surface area (Å²) >= 11 is 0. The van der Waals surface area contributed by atoms with Crippen molar-refractivity contribution in [3.8, 4) is 0 Å². The van der Waals surface area contributed by atoms with Crippen molar-refractivity contribution >= 4 is 29.9 Å². The Morgan fingerprint density at radius 1 is 1.04 bits per heavy atom. The number of halogens is 1. The molecule has 144 valence electrons. The van der Waals surface area contributed by atoms with E-state index in [0.717, 1.165) is 32.0 Å². The summed E-state index contributed by atoms with van der Waals surface area (Å²) in [5.41, 5.74) is 0. The fourth-order valence-electron chi connectivity index (χ4n) is 2.84. The van der Waals surface area contributed by atoms with Crippen molar-refractivity contribution in [2.45, 2.75) is 25.8 Å². The SMILES string of the molecule is CN=C(NCCCCN1CCN(C)CC1)NCCCn1cccn1.I. The zero-order valence-electron chi connectivity index (χ0n) is 15.7. The van der Waals surface area contributed by atoms with Crippen LogP contribution in [0, 0.1) is 0 Å². The van der Waals surface area contributed by atoms with Crippen LogP contribution < -0.4 is 10.6 Å². The number of unbranched alkanes of at least 4 members (excludes halogenated alkanes) is 1. The highest BCUT2D eigenvalue weighted by atomic mass is 127. The van der Waals surface area contributed by atoms with E-state index in [1.807, 2.05) is 30.2 Å². The molecule has 2 heterocycles. The van der Waals surface area contributed by atoms with E-state index in [4.69, 9.17) is 0 Å². The Morgan fingerprint density at radius 2 is 1.76 bits per heavy atom. The van der Waals surface area contributed by atoms with Crippen LogP contribution in [-0.4, -0.2) is 85.4 Å². The lowest BCUT2D eigenvalue weighted by atomic mass is 10.2. The molecule has 1 aliphatic rings. The first-order chi connectivity index (χ1) is 11.8. The average Bonchev–Trinajstić information content (AvgIpc) is 3.11. The first-order valence-electron chi connectivity index (χ1n) is 9.11. The maximum absolute atomic E-state index is 4.27. The molecule has 0 radical (unpaired) electrons. The van der Waals surface area contributed by atoms with E-state index in [0.29, 0.717) is 0 Å². The molecule has 1 aliphatic heterocycles. The largest absolute Gasteiger partial charge is 0.356 e. The van der Waals surface area contributed by atoms with Gasteiger partial charge >= 0.3 is 0 Å². The minimum Gasteiger partial charge on any atom is -0.356 e. The molecule has 0 aliphatic carbocycles. The second kappa shape index (κ2) is 13.3. The van der Waals surface area contributed by atoms with Crippen molar-refractivity contribution < 1.29 is 0 Å². The number of rotatable bonds is 9. The van der Waals surface area contributed by atoms with E-state index in [1.165, 1.54) is 45.6 Å². The van der Waals surface area contributed by atoms with E-state index in [2.05, 4.69) is 37.6 Å². The molecule has 1 fully saturated rings. The number of hydrogen-bond donors (Lipinski definition) is 2. The standard InChI is InChI=1S/C17H33N7.HI/c1-18-17(20-8-5-11-24-12-6-9-21-24)19-7-3-4-10-23-15-13-22(2)14-16-23;/h6,9,12H,3-5,7-8,10-11,13-16H2,1-2H3,(H2,18,19,20);1H. The van der Waals surface area contributed by atoms with Gasteiger partial charge in [0.25, 0.3) is 0 Å². The molecule has 8 heteroatoms. The molecule has 2 rings (SSSR count). The molecule has 25 heavy (non-hydrogen) atoms. The Morgan fingerprint density at radius 3 is 2.40 bits per heavy atom. The lowest BCUT2D eigenvalue weighted by Crippen LogP contribution is -2.44. The van der Waals surface area contributed by atoms with Crippen molar-refractivity contribution in [2.75, 3.05) is 59.9 Å². The van der Waals surface area contributed by atoms with Gasteiger partial charge in [-0.1, -0.05) is 0 Å². The second-order valence-electron chi connectivity index (χ2n) is 6.40. The number of aliphatic imine (C=N–C) groups is 1. The van der Waals surface area contributed by atoms with Crippen LogP contribution in [0.25, 0.3) is 0 Å². The molecule has 1 aromatic rings. The molecular formula is C17H34IN7. The van der Waals surface area contributed by atoms with Gasteiger partial charge in [0.1, 0.15) is 0 Å². The molecule has 0 aromatic carbocycles. The van der Waals surface area contributed by atoms with Gasteiger partial charge in [-0.15, -0.1) is 24.0 Å². The van der Waals surface area contributed by atoms with Crippen molar-refractivity contribution in [3.63, 3.8) is 0 Å². The first-order valence-corrected chi connectivity index (χ1v) is 9.11. The molecule has 0 unspecified atom stereocenters. The number of piperazine rings is 1. The molecule has 2 N–H and O–H groups in total. The highest BCUT2D eigenvalue weighted by Crippen LogP contribution is 2.01. The number of hydrogen-bond acceptors (Lipinski definition) is 4. The third-order valence-electron chi connectivity index (χ3n) is 4.43. The zero-order valence-corrected chi connectivity index (χ0v) is 18.0. The molecular weight excluding hydrogens is 429 g/mol. The summed E-state index contributed by atoms with van der Waals surface area (Å²) in [6.07, 6.45) is 7.27. The molecule has 1 saturated heterocycles. The van der Waals surface area contributed by atoms with Gasteiger partial charge in [-0.3, -0.25) is 9.67 Å². The van der Waals surface area contributed by atoms with Gasteiger partial charge in [0.05, 0.1) is 0 Å². The number of guanidine groups is 1. The lowest BCUT2D eigenvalue weighted by Gasteiger charge is -2.32. The van der Waals surface area contributed by atoms with Crippen LogP contribution in [0.2, 0.25) is 0 Å². The van der Waals surface area contributed by atoms with E-state index in [-0.39, 0.29) is 24.0 Å². The Bertz CT molecular complexity index is 456. The quantitative estimate of drug-likeness (QED) is 0.249. The van der Waals surface area contributed by atoms with Gasteiger partial charge in [0.2, 0.25) is 0 Å². The predicted molar refractivity (Wildman–Crippen MR) is 115 cm³/mol. The van der Waals surface area contributed by atoms with Crippen molar-refractivity contribution in [2.24, 2.45) is 4.99 Å². The fraction of sp³-hybridized carbons (Fsp3) is 0.765. The smallest absolute Gasteiger partial charge is 0.190 e. The molecule has 7 nitrogen and oxygen atoms in total.